The predicted octanol–water partition coefficient (Wildman–Crippen LogP) is 4.20. The fourth-order valence-corrected chi connectivity index (χ4v) is 13.8. The lowest BCUT2D eigenvalue weighted by Crippen LogP contribution is -2.61. The zero-order chi connectivity index (χ0) is 85.0. The van der Waals surface area contributed by atoms with Crippen molar-refractivity contribution in [3.8, 4) is 5.75 Å². The molecule has 7 unspecified atom stereocenters. The first kappa shape index (κ1) is 95.1. The van der Waals surface area contributed by atoms with E-state index in [0.717, 1.165) is 35.6 Å². The molecule has 33 nitrogen and oxygen atoms in total. The average Bonchev–Trinajstić information content (AvgIpc) is 1.58. The van der Waals surface area contributed by atoms with Crippen LogP contribution in [0.5, 0.6) is 5.75 Å². The number of hydrogen-bond donors (Lipinski definition) is 6. The number of nitrogens with one attached hydrogen (secondary N) is 5. The number of amides is 10. The van der Waals surface area contributed by atoms with Crippen LogP contribution >= 0.6 is 11.3 Å². The van der Waals surface area contributed by atoms with Gasteiger partial charge < -0.3 is 60.9 Å². The quantitative estimate of drug-likeness (QED) is 0.0316. The van der Waals surface area contributed by atoms with E-state index in [0.29, 0.717) is 21.8 Å². The summed E-state index contributed by atoms with van der Waals surface area (Å²) in [6.45, 7) is 20.0. The highest BCUT2D eigenvalue weighted by Gasteiger charge is 2.50. The van der Waals surface area contributed by atoms with Crippen LogP contribution in [-0.2, 0) is 102 Å². The van der Waals surface area contributed by atoms with E-state index >= 15 is 0 Å². The first-order chi connectivity index (χ1) is 53.7. The molecule has 628 valence electrons. The fraction of sp³-hybridized carbons (Fsp3) is 0.625. The van der Waals surface area contributed by atoms with Gasteiger partial charge in [0.25, 0.3) is 29.5 Å². The molecule has 0 spiro atoms. The van der Waals surface area contributed by atoms with Gasteiger partial charge in [-0.1, -0.05) is 61.0 Å². The summed E-state index contributed by atoms with van der Waals surface area (Å²) in [4.78, 5) is 242. The van der Waals surface area contributed by atoms with Gasteiger partial charge in [-0.25, -0.2) is 4.98 Å². The third-order valence-corrected chi connectivity index (χ3v) is 21.6. The summed E-state index contributed by atoms with van der Waals surface area (Å²) >= 11 is 1.05. The number of benzene rings is 1. The van der Waals surface area contributed by atoms with Crippen LogP contribution in [0.1, 0.15) is 187 Å². The zero-order valence-corrected chi connectivity index (χ0v) is 69.0. The number of likely N-dealkylation sites (N-methyl/N-ethyl adjacent to an activating group) is 1. The number of nitrogens with zero attached hydrogens (tertiary/aromatic N) is 5. The minimum Gasteiger partial charge on any atom is -0.455 e. The molecule has 0 radical (unpaired) electrons. The number of esters is 2. The molecule has 12 atom stereocenters. The zero-order valence-electron chi connectivity index (χ0n) is 68.2. The second-order valence-electron chi connectivity index (χ2n) is 30.4. The summed E-state index contributed by atoms with van der Waals surface area (Å²) in [6, 6.07) is -3.22. The molecule has 5 rings (SSSR count). The number of rotatable bonds is 27. The Kier molecular flexibility index (Phi) is 38.0. The van der Waals surface area contributed by atoms with Crippen molar-refractivity contribution in [2.45, 2.75) is 214 Å². The van der Waals surface area contributed by atoms with Gasteiger partial charge in [0.05, 0.1) is 55.7 Å². The molecule has 0 bridgehead atoms. The summed E-state index contributed by atoms with van der Waals surface area (Å²) < 4.78 is 28.5. The van der Waals surface area contributed by atoms with E-state index in [2.05, 4.69) is 26.6 Å². The van der Waals surface area contributed by atoms with Gasteiger partial charge in [0.15, 0.2) is 40.8 Å². The van der Waals surface area contributed by atoms with Gasteiger partial charge in [0, 0.05) is 151 Å². The third kappa shape index (κ3) is 28.2. The molecule has 0 saturated carbocycles. The van der Waals surface area contributed by atoms with Crippen molar-refractivity contribution in [1.29, 1.82) is 0 Å². The van der Waals surface area contributed by atoms with Crippen molar-refractivity contribution < 1.29 is 105 Å². The number of imide groups is 2. The predicted molar refractivity (Wildman–Crippen MR) is 417 cm³/mol. The smallest absolute Gasteiger partial charge is 0.314 e. The van der Waals surface area contributed by atoms with Gasteiger partial charge >= 0.3 is 11.9 Å². The number of Topliss-reactive ketones (excluding diaryl/α,β-unsaturated/α-hetero) is 5. The lowest BCUT2D eigenvalue weighted by molar-refractivity contribution is -0.156. The van der Waals surface area contributed by atoms with Crippen LogP contribution in [0.2, 0.25) is 0 Å². The van der Waals surface area contributed by atoms with E-state index in [1.165, 1.54) is 52.1 Å². The molecule has 3 aliphatic heterocycles. The first-order valence-corrected chi connectivity index (χ1v) is 39.7. The molecular formula is C80H115N11O22S. The third-order valence-electron chi connectivity index (χ3n) is 20.6. The monoisotopic (exact) mass is 1610 g/mol. The number of anilines is 1. The Morgan fingerprint density at radius 1 is 0.719 bits per heavy atom. The second-order valence-corrected chi connectivity index (χ2v) is 31.3. The Labute approximate surface area is 669 Å². The van der Waals surface area contributed by atoms with Crippen LogP contribution in [0.15, 0.2) is 47.9 Å². The number of thiazole rings is 1. The van der Waals surface area contributed by atoms with Crippen molar-refractivity contribution in [3.63, 3.8) is 0 Å². The normalized spacial score (nSPS) is 22.1. The maximum absolute atomic E-state index is 14.7. The van der Waals surface area contributed by atoms with E-state index in [-0.39, 0.29) is 156 Å². The van der Waals surface area contributed by atoms with E-state index in [1.54, 1.807) is 39.0 Å². The first-order valence-electron chi connectivity index (χ1n) is 38.8. The maximum Gasteiger partial charge on any atom is 0.314 e. The second kappa shape index (κ2) is 45.6. The van der Waals surface area contributed by atoms with Gasteiger partial charge in [-0.05, 0) is 97.0 Å². The Morgan fingerprint density at radius 3 is 1.75 bits per heavy atom. The molecule has 114 heavy (non-hydrogen) atoms. The van der Waals surface area contributed by atoms with Crippen LogP contribution < -0.4 is 37.1 Å². The van der Waals surface area contributed by atoms with Gasteiger partial charge in [-0.3, -0.25) is 96.2 Å². The molecule has 0 fully saturated rings. The maximum atomic E-state index is 14.7. The molecular weight excluding hydrogens is 1500 g/mol. The van der Waals surface area contributed by atoms with Gasteiger partial charge in [-0.2, -0.15) is 0 Å². The van der Waals surface area contributed by atoms with Crippen molar-refractivity contribution in [2.75, 3.05) is 79.2 Å². The van der Waals surface area contributed by atoms with Crippen LogP contribution in [0, 0.1) is 35.5 Å². The molecule has 3 aliphatic rings. The van der Waals surface area contributed by atoms with E-state index in [1.807, 2.05) is 46.4 Å². The standard InChI is InChI=1S/C80H115N11O22S/c1-16-46(4)55(42-65(97)80(11,12)88(13)14)78(107)89(15)58(45(2)3)43-64(112-52(10)92)77-87-57(44-114-77)76(106)85-54(37-47(5)74(104)82-30-36-111-35-29-81)40-53-21-22-63-56(41-53)86-75(105)48(6)38-61(95)50(8)83-66(98)27-33-109-31-17-19-59(93)72(90-68(100)23-24-69(90)101)73(91-70(102)25-26-71(91)103)60(94)20-18-32-110-34-28-67(99)84-51(9)62(96)39-49(7)79(108)113-63/h21-26,41,44-51,54-55,58,64,72-73H,16-20,27-40,42-43,81H2,1-15H3,(H,82,104)(H,83,98)(H,84,99)(H,85,106)(H,86,105)/t46-,47?,48?,49?,50?,51?,54+,55-,58+,64+,72?,73?/m0/s1. The number of hydrogen-bond acceptors (Lipinski definition) is 26. The van der Waals surface area contributed by atoms with Gasteiger partial charge in [-0.15, -0.1) is 11.3 Å². The van der Waals surface area contributed by atoms with E-state index in [4.69, 9.17) is 34.4 Å². The Hall–Kier alpha value is -9.48. The van der Waals surface area contributed by atoms with Gasteiger partial charge in [0.1, 0.15) is 22.8 Å². The van der Waals surface area contributed by atoms with Gasteiger partial charge in [0.2, 0.25) is 29.5 Å². The largest absolute Gasteiger partial charge is 0.455 e. The average molecular weight is 1610 g/mol. The Balaban J connectivity index is 1.43. The number of ether oxygens (including phenoxy) is 5. The SMILES string of the molecule is CC[C@H](C)[C@H](CC(=O)C(C)(C)N(C)C)C(=O)N(C)[C@H](C[C@@H](OC(C)=O)c1nc(C(=O)N[C@@H](Cc2ccc3c(c2)NC(=O)C(C)CC(=O)C(C)NC(=O)CCOCCCC(=O)C(N2C(=O)C=CC2=O)C(N2C(=O)C=CC2=O)C(=O)CCCOCCC(=O)NC(C)C(=O)CC(C)C(=O)O3)CC(C)C(=O)NCCOCCN)cs1)C(C)C. The lowest BCUT2D eigenvalue weighted by atomic mass is 9.81. The molecule has 1 aromatic carbocycles. The Bertz CT molecular complexity index is 3850. The summed E-state index contributed by atoms with van der Waals surface area (Å²) in [6.07, 6.45) is 0.657. The van der Waals surface area contributed by atoms with E-state index < -0.39 is 180 Å². The van der Waals surface area contributed by atoms with Crippen LogP contribution in [0.3, 0.4) is 0 Å². The molecule has 7 N–H and O–H groups in total. The summed E-state index contributed by atoms with van der Waals surface area (Å²) in [5.41, 5.74) is 4.98. The molecule has 1 aromatic heterocycles. The highest BCUT2D eigenvalue weighted by molar-refractivity contribution is 7.09. The highest BCUT2D eigenvalue weighted by Crippen LogP contribution is 2.35. The van der Waals surface area contributed by atoms with Crippen molar-refractivity contribution >= 4 is 117 Å². The topological polar surface area (TPSA) is 448 Å². The molecule has 2 aromatic rings. The highest BCUT2D eigenvalue weighted by atomic mass is 32.1. The molecule has 4 heterocycles. The minimum atomic E-state index is -1.94. The minimum absolute atomic E-state index is 0.00589. The Morgan fingerprint density at radius 2 is 1.25 bits per heavy atom. The fourth-order valence-electron chi connectivity index (χ4n) is 13.0. The number of carbonyl (C=O) groups excluding carboxylic acids is 17. The van der Waals surface area contributed by atoms with Crippen molar-refractivity contribution in [3.05, 3.63) is 64.1 Å². The lowest BCUT2D eigenvalue weighted by Gasteiger charge is -2.38. The molecule has 10 amide bonds. The van der Waals surface area contributed by atoms with Crippen LogP contribution in [-0.4, -0.2) is 240 Å². The van der Waals surface area contributed by atoms with E-state index in [9.17, 15) is 81.5 Å². The number of fused-ring (bicyclic) bond motifs is 1. The van der Waals surface area contributed by atoms with Crippen molar-refractivity contribution in [2.24, 2.45) is 41.2 Å². The summed E-state index contributed by atoms with van der Waals surface area (Å²) in [7, 11) is 5.28. The van der Waals surface area contributed by atoms with Crippen molar-refractivity contribution in [1.82, 2.24) is 45.9 Å². The molecule has 34 heteroatoms. The van der Waals surface area contributed by atoms with Crippen LogP contribution in [0.4, 0.5) is 5.69 Å². The molecule has 0 saturated heterocycles. The summed E-state index contributed by atoms with van der Waals surface area (Å²) in [5.74, 6) is -16.0. The number of carbonyl (C=O) groups is 17. The number of nitrogens with two attached hydrogens (primary N) is 1. The number of aromatic nitrogens is 1. The molecule has 0 aliphatic carbocycles. The van der Waals surface area contributed by atoms with Crippen LogP contribution in [0.25, 0.3) is 0 Å². The number of ketones is 5. The summed E-state index contributed by atoms with van der Waals surface area (Å²) in [5, 5.41) is 15.5.